The Kier molecular flexibility index (Phi) is 4.91. The van der Waals surface area contributed by atoms with Gasteiger partial charge in [0.15, 0.2) is 0 Å². The molecule has 0 saturated carbocycles. The van der Waals surface area contributed by atoms with Crippen molar-refractivity contribution in [3.05, 3.63) is 17.5 Å². The van der Waals surface area contributed by atoms with E-state index in [9.17, 15) is 8.42 Å². The second-order valence-electron chi connectivity index (χ2n) is 2.97. The van der Waals surface area contributed by atoms with Crippen LogP contribution in [0.5, 0.6) is 0 Å². The molecule has 0 radical (unpaired) electrons. The molecule has 6 nitrogen and oxygen atoms in total. The van der Waals surface area contributed by atoms with Crippen LogP contribution >= 0.6 is 11.6 Å². The Labute approximate surface area is 99.5 Å². The molecule has 0 fully saturated rings. The van der Waals surface area contributed by atoms with E-state index in [0.717, 1.165) is 0 Å². The number of halogens is 1. The normalized spacial score (nSPS) is 11.4. The van der Waals surface area contributed by atoms with Gasteiger partial charge in [0.05, 0.1) is 5.75 Å². The molecule has 1 heterocycles. The molecule has 1 aromatic heterocycles. The predicted molar refractivity (Wildman–Crippen MR) is 63.0 cm³/mol. The highest BCUT2D eigenvalue weighted by Crippen LogP contribution is 2.07. The molecule has 0 aliphatic carbocycles. The molecule has 0 unspecified atom stereocenters. The maximum absolute atomic E-state index is 11.3. The Hall–Kier alpha value is -0.920. The molecule has 0 bridgehead atoms. The van der Waals surface area contributed by atoms with E-state index in [-0.39, 0.29) is 12.3 Å². The quantitative estimate of drug-likeness (QED) is 0.730. The summed E-state index contributed by atoms with van der Waals surface area (Å²) in [5, 5.41) is 3.16. The molecule has 2 N–H and O–H groups in total. The molecule has 90 valence electrons. The first kappa shape index (κ1) is 13.1. The number of aromatic nitrogens is 2. The number of sulfonamides is 1. The standard InChI is InChI=1S/C8H13ClN4O2S/c1-2-13-16(14,15)4-3-10-8-5-7(9)11-6-12-8/h5-6,13H,2-4H2,1H3,(H,10,11,12). The summed E-state index contributed by atoms with van der Waals surface area (Å²) in [6.45, 7) is 2.39. The molecule has 0 spiro atoms. The molecule has 8 heteroatoms. The molecule has 0 atom stereocenters. The summed E-state index contributed by atoms with van der Waals surface area (Å²) in [6.07, 6.45) is 1.31. The second kappa shape index (κ2) is 5.97. The monoisotopic (exact) mass is 264 g/mol. The SMILES string of the molecule is CCNS(=O)(=O)CCNc1cc(Cl)ncn1. The van der Waals surface area contributed by atoms with Gasteiger partial charge in [-0.15, -0.1) is 0 Å². The van der Waals surface area contributed by atoms with Crippen LogP contribution < -0.4 is 10.0 Å². The number of nitrogens with one attached hydrogen (secondary N) is 2. The Morgan fingerprint density at radius 2 is 2.19 bits per heavy atom. The first-order valence-corrected chi connectivity index (χ1v) is 6.75. The summed E-state index contributed by atoms with van der Waals surface area (Å²) >= 11 is 5.64. The van der Waals surface area contributed by atoms with E-state index >= 15 is 0 Å². The fourth-order valence-corrected chi connectivity index (χ4v) is 2.14. The average Bonchev–Trinajstić information content (AvgIpc) is 2.17. The van der Waals surface area contributed by atoms with E-state index in [2.05, 4.69) is 20.0 Å². The van der Waals surface area contributed by atoms with Gasteiger partial charge in [-0.3, -0.25) is 0 Å². The smallest absolute Gasteiger partial charge is 0.213 e. The van der Waals surface area contributed by atoms with Crippen LogP contribution in [0.25, 0.3) is 0 Å². The summed E-state index contributed by atoms with van der Waals surface area (Å²) < 4.78 is 24.9. The molecule has 1 rings (SSSR count). The zero-order valence-corrected chi connectivity index (χ0v) is 10.3. The fourth-order valence-electron chi connectivity index (χ4n) is 1.04. The van der Waals surface area contributed by atoms with Crippen molar-refractivity contribution in [1.82, 2.24) is 14.7 Å². The topological polar surface area (TPSA) is 84.0 Å². The zero-order chi connectivity index (χ0) is 12.0. The van der Waals surface area contributed by atoms with E-state index in [1.54, 1.807) is 6.92 Å². The predicted octanol–water partition coefficient (Wildman–Crippen LogP) is 0.481. The van der Waals surface area contributed by atoms with E-state index < -0.39 is 10.0 Å². The lowest BCUT2D eigenvalue weighted by atomic mass is 10.5. The third-order valence-corrected chi connectivity index (χ3v) is 3.35. The largest absolute Gasteiger partial charge is 0.369 e. The van der Waals surface area contributed by atoms with Crippen molar-refractivity contribution in [3.8, 4) is 0 Å². The maximum atomic E-state index is 11.3. The van der Waals surface area contributed by atoms with E-state index in [1.165, 1.54) is 12.4 Å². The van der Waals surface area contributed by atoms with E-state index in [1.807, 2.05) is 0 Å². The molecule has 0 aliphatic heterocycles. The number of hydrogen-bond acceptors (Lipinski definition) is 5. The van der Waals surface area contributed by atoms with Crippen molar-refractivity contribution in [2.45, 2.75) is 6.92 Å². The third kappa shape index (κ3) is 4.73. The third-order valence-electron chi connectivity index (χ3n) is 1.67. The van der Waals surface area contributed by atoms with Gasteiger partial charge in [0, 0.05) is 19.2 Å². The first-order valence-electron chi connectivity index (χ1n) is 4.72. The number of rotatable bonds is 6. The Morgan fingerprint density at radius 3 is 2.81 bits per heavy atom. The Bertz CT molecular complexity index is 437. The van der Waals surface area contributed by atoms with Crippen LogP contribution in [-0.2, 0) is 10.0 Å². The molecule has 0 saturated heterocycles. The van der Waals surface area contributed by atoms with Crippen LogP contribution in [0.3, 0.4) is 0 Å². The highest BCUT2D eigenvalue weighted by molar-refractivity contribution is 7.89. The van der Waals surface area contributed by atoms with Gasteiger partial charge in [-0.05, 0) is 0 Å². The molecule has 0 aliphatic rings. The van der Waals surface area contributed by atoms with Crippen LogP contribution in [0.4, 0.5) is 5.82 Å². The molecular formula is C8H13ClN4O2S. The van der Waals surface area contributed by atoms with Crippen LogP contribution in [0.15, 0.2) is 12.4 Å². The van der Waals surface area contributed by atoms with Crippen molar-refractivity contribution in [2.75, 3.05) is 24.2 Å². The van der Waals surface area contributed by atoms with Gasteiger partial charge >= 0.3 is 0 Å². The lowest BCUT2D eigenvalue weighted by Gasteiger charge is -2.06. The fraction of sp³-hybridized carbons (Fsp3) is 0.500. The summed E-state index contributed by atoms with van der Waals surface area (Å²) in [4.78, 5) is 7.59. The number of anilines is 1. The van der Waals surface area contributed by atoms with Crippen LogP contribution in [0.2, 0.25) is 5.15 Å². The van der Waals surface area contributed by atoms with Gasteiger partial charge in [0.2, 0.25) is 10.0 Å². The minimum atomic E-state index is -3.20. The zero-order valence-electron chi connectivity index (χ0n) is 8.77. The van der Waals surface area contributed by atoms with E-state index in [4.69, 9.17) is 11.6 Å². The van der Waals surface area contributed by atoms with Crippen molar-refractivity contribution < 1.29 is 8.42 Å². The average molecular weight is 265 g/mol. The van der Waals surface area contributed by atoms with Gasteiger partial charge in [-0.1, -0.05) is 18.5 Å². The summed E-state index contributed by atoms with van der Waals surface area (Å²) in [7, 11) is -3.20. The highest BCUT2D eigenvalue weighted by atomic mass is 35.5. The maximum Gasteiger partial charge on any atom is 0.213 e. The molecule has 0 aromatic carbocycles. The van der Waals surface area contributed by atoms with Gasteiger partial charge < -0.3 is 5.32 Å². The minimum absolute atomic E-state index is 0.0114. The number of nitrogens with zero attached hydrogens (tertiary/aromatic N) is 2. The minimum Gasteiger partial charge on any atom is -0.369 e. The Morgan fingerprint density at radius 1 is 1.44 bits per heavy atom. The number of hydrogen-bond donors (Lipinski definition) is 2. The first-order chi connectivity index (χ1) is 7.53. The van der Waals surface area contributed by atoms with Crippen molar-refractivity contribution >= 4 is 27.4 Å². The molecular weight excluding hydrogens is 252 g/mol. The van der Waals surface area contributed by atoms with Gasteiger partial charge in [0.1, 0.15) is 17.3 Å². The van der Waals surface area contributed by atoms with Gasteiger partial charge in [-0.2, -0.15) is 0 Å². The highest BCUT2D eigenvalue weighted by Gasteiger charge is 2.07. The lowest BCUT2D eigenvalue weighted by molar-refractivity contribution is 0.584. The van der Waals surface area contributed by atoms with Crippen LogP contribution in [0.1, 0.15) is 6.92 Å². The summed E-state index contributed by atoms with van der Waals surface area (Å²) in [5.74, 6) is 0.495. The van der Waals surface area contributed by atoms with Gasteiger partial charge in [-0.25, -0.2) is 23.1 Å². The van der Waals surface area contributed by atoms with Crippen LogP contribution in [0, 0.1) is 0 Å². The second-order valence-corrected chi connectivity index (χ2v) is 5.28. The summed E-state index contributed by atoms with van der Waals surface area (Å²) in [5.41, 5.74) is 0. The molecule has 16 heavy (non-hydrogen) atoms. The lowest BCUT2D eigenvalue weighted by Crippen LogP contribution is -2.29. The Balaban J connectivity index is 2.42. The molecule has 1 aromatic rings. The van der Waals surface area contributed by atoms with Crippen molar-refractivity contribution in [2.24, 2.45) is 0 Å². The van der Waals surface area contributed by atoms with Crippen molar-refractivity contribution in [3.63, 3.8) is 0 Å². The summed E-state index contributed by atoms with van der Waals surface area (Å²) in [6, 6.07) is 1.53. The molecule has 0 amide bonds. The van der Waals surface area contributed by atoms with E-state index in [0.29, 0.717) is 17.5 Å². The van der Waals surface area contributed by atoms with Gasteiger partial charge in [0.25, 0.3) is 0 Å². The van der Waals surface area contributed by atoms with Crippen molar-refractivity contribution in [1.29, 1.82) is 0 Å². The van der Waals surface area contributed by atoms with Crippen LogP contribution in [-0.4, -0.2) is 37.2 Å².